The Morgan fingerprint density at radius 2 is 1.95 bits per heavy atom. The number of carbonyl (C=O) groups excluding carboxylic acids is 1. The fourth-order valence-corrected chi connectivity index (χ4v) is 3.89. The molecule has 116 valence electrons. The lowest BCUT2D eigenvalue weighted by Gasteiger charge is -2.19. The third-order valence-electron chi connectivity index (χ3n) is 5.26. The Hall–Kier alpha value is -1.81. The molecular weight excluding hydrogens is 276 g/mol. The van der Waals surface area contributed by atoms with Crippen LogP contribution in [0.2, 0.25) is 0 Å². The number of likely N-dealkylation sites (tertiary alicyclic amines) is 1. The molecule has 0 unspecified atom stereocenters. The van der Waals surface area contributed by atoms with Gasteiger partial charge in [-0.2, -0.15) is 0 Å². The maximum Gasteiger partial charge on any atom is 0.289 e. The summed E-state index contributed by atoms with van der Waals surface area (Å²) in [6, 6.07) is 7.90. The summed E-state index contributed by atoms with van der Waals surface area (Å²) in [4.78, 5) is 14.7. The summed E-state index contributed by atoms with van der Waals surface area (Å²) >= 11 is 0. The fourth-order valence-electron chi connectivity index (χ4n) is 3.89. The summed E-state index contributed by atoms with van der Waals surface area (Å²) < 4.78 is 5.85. The Bertz CT molecular complexity index is 692. The standard InChI is InChI=1S/C18H22N2O2/c1-12-3-2-4-13-9-16(22-17(12)13)18(21)20-7-5-14-10-19-11-15(14)6-8-20/h2-4,9,14-15,19H,5-8,10-11H2,1H3/t14-,15+. The molecule has 0 spiro atoms. The number of amides is 1. The van der Waals surface area contributed by atoms with Gasteiger partial charge in [0.15, 0.2) is 5.76 Å². The molecular formula is C18H22N2O2. The van der Waals surface area contributed by atoms with Crippen molar-refractivity contribution in [1.82, 2.24) is 10.2 Å². The van der Waals surface area contributed by atoms with E-state index in [-0.39, 0.29) is 5.91 Å². The molecule has 2 fully saturated rings. The van der Waals surface area contributed by atoms with Crippen molar-refractivity contribution in [1.29, 1.82) is 0 Å². The van der Waals surface area contributed by atoms with E-state index in [9.17, 15) is 4.79 Å². The summed E-state index contributed by atoms with van der Waals surface area (Å²) in [5.41, 5.74) is 1.91. The molecule has 2 atom stereocenters. The highest BCUT2D eigenvalue weighted by Gasteiger charge is 2.32. The van der Waals surface area contributed by atoms with E-state index in [1.807, 2.05) is 36.1 Å². The second-order valence-corrected chi connectivity index (χ2v) is 6.65. The number of hydrogen-bond acceptors (Lipinski definition) is 3. The van der Waals surface area contributed by atoms with Crippen molar-refractivity contribution < 1.29 is 9.21 Å². The number of nitrogens with zero attached hydrogens (tertiary/aromatic N) is 1. The smallest absolute Gasteiger partial charge is 0.289 e. The molecule has 0 aliphatic carbocycles. The second-order valence-electron chi connectivity index (χ2n) is 6.65. The molecule has 22 heavy (non-hydrogen) atoms. The summed E-state index contributed by atoms with van der Waals surface area (Å²) in [6.45, 7) is 5.92. The van der Waals surface area contributed by atoms with Crippen molar-refractivity contribution in [2.75, 3.05) is 26.2 Å². The van der Waals surface area contributed by atoms with Crippen LogP contribution in [0.3, 0.4) is 0 Å². The minimum Gasteiger partial charge on any atom is -0.451 e. The van der Waals surface area contributed by atoms with E-state index in [2.05, 4.69) is 5.32 Å². The molecule has 4 nitrogen and oxygen atoms in total. The number of nitrogens with one attached hydrogen (secondary N) is 1. The zero-order chi connectivity index (χ0) is 15.1. The van der Waals surface area contributed by atoms with Gasteiger partial charge in [0, 0.05) is 18.5 Å². The summed E-state index contributed by atoms with van der Waals surface area (Å²) in [5.74, 6) is 1.99. The summed E-state index contributed by atoms with van der Waals surface area (Å²) in [7, 11) is 0. The zero-order valence-corrected chi connectivity index (χ0v) is 13.0. The lowest BCUT2D eigenvalue weighted by atomic mass is 9.92. The molecule has 4 rings (SSSR count). The van der Waals surface area contributed by atoms with Crippen molar-refractivity contribution in [3.8, 4) is 0 Å². The van der Waals surface area contributed by atoms with Gasteiger partial charge in [-0.1, -0.05) is 18.2 Å². The van der Waals surface area contributed by atoms with Gasteiger partial charge in [0.05, 0.1) is 0 Å². The normalized spacial score (nSPS) is 25.2. The number of furan rings is 1. The molecule has 1 amide bonds. The quantitative estimate of drug-likeness (QED) is 0.880. The SMILES string of the molecule is Cc1cccc2cc(C(=O)N3CC[C@@H]4CNC[C@@H]4CC3)oc12. The third-order valence-corrected chi connectivity index (χ3v) is 5.26. The predicted molar refractivity (Wildman–Crippen MR) is 85.9 cm³/mol. The molecule has 2 aromatic rings. The number of hydrogen-bond donors (Lipinski definition) is 1. The third kappa shape index (κ3) is 2.31. The molecule has 3 heterocycles. The van der Waals surface area contributed by atoms with Crippen LogP contribution in [-0.2, 0) is 0 Å². The number of para-hydroxylation sites is 1. The molecule has 2 saturated heterocycles. The van der Waals surface area contributed by atoms with Crippen LogP contribution in [0.25, 0.3) is 11.0 Å². The van der Waals surface area contributed by atoms with Gasteiger partial charge < -0.3 is 14.6 Å². The first-order valence-corrected chi connectivity index (χ1v) is 8.21. The number of carbonyl (C=O) groups is 1. The first-order valence-electron chi connectivity index (χ1n) is 8.21. The van der Waals surface area contributed by atoms with E-state index in [4.69, 9.17) is 4.42 Å². The highest BCUT2D eigenvalue weighted by atomic mass is 16.3. The first kappa shape index (κ1) is 13.8. The Morgan fingerprint density at radius 3 is 2.64 bits per heavy atom. The van der Waals surface area contributed by atoms with Gasteiger partial charge in [0.2, 0.25) is 0 Å². The van der Waals surface area contributed by atoms with Crippen molar-refractivity contribution >= 4 is 16.9 Å². The van der Waals surface area contributed by atoms with E-state index in [0.29, 0.717) is 5.76 Å². The van der Waals surface area contributed by atoms with E-state index >= 15 is 0 Å². The van der Waals surface area contributed by atoms with Gasteiger partial charge in [-0.05, 0) is 56.3 Å². The molecule has 4 heteroatoms. The van der Waals surface area contributed by atoms with E-state index in [1.165, 1.54) is 0 Å². The van der Waals surface area contributed by atoms with Crippen LogP contribution in [0.5, 0.6) is 0 Å². The first-order chi connectivity index (χ1) is 10.7. The van der Waals surface area contributed by atoms with Gasteiger partial charge in [-0.25, -0.2) is 0 Å². The van der Waals surface area contributed by atoms with Gasteiger partial charge in [-0.3, -0.25) is 4.79 Å². The van der Waals surface area contributed by atoms with Gasteiger partial charge in [0.25, 0.3) is 5.91 Å². The van der Waals surface area contributed by atoms with Crippen LogP contribution in [0, 0.1) is 18.8 Å². The van der Waals surface area contributed by atoms with Crippen molar-refractivity contribution in [2.24, 2.45) is 11.8 Å². The molecule has 1 aromatic heterocycles. The lowest BCUT2D eigenvalue weighted by molar-refractivity contribution is 0.0729. The Labute approximate surface area is 130 Å². The number of benzene rings is 1. The van der Waals surface area contributed by atoms with E-state index in [1.54, 1.807) is 0 Å². The van der Waals surface area contributed by atoms with Crippen LogP contribution in [0.15, 0.2) is 28.7 Å². The largest absolute Gasteiger partial charge is 0.451 e. The predicted octanol–water partition coefficient (Wildman–Crippen LogP) is 2.81. The van der Waals surface area contributed by atoms with Crippen LogP contribution in [-0.4, -0.2) is 37.0 Å². The molecule has 1 aromatic carbocycles. The zero-order valence-electron chi connectivity index (χ0n) is 13.0. The second kappa shape index (κ2) is 5.43. The molecule has 1 N–H and O–H groups in total. The van der Waals surface area contributed by atoms with Crippen molar-refractivity contribution in [3.63, 3.8) is 0 Å². The maximum absolute atomic E-state index is 12.8. The Kier molecular flexibility index (Phi) is 3.41. The summed E-state index contributed by atoms with van der Waals surface area (Å²) in [5, 5.41) is 4.48. The van der Waals surface area contributed by atoms with Gasteiger partial charge in [-0.15, -0.1) is 0 Å². The maximum atomic E-state index is 12.8. The summed E-state index contributed by atoms with van der Waals surface area (Å²) in [6.07, 6.45) is 2.20. The van der Waals surface area contributed by atoms with Gasteiger partial charge in [0.1, 0.15) is 5.58 Å². The fraction of sp³-hybridized carbons (Fsp3) is 0.500. The highest BCUT2D eigenvalue weighted by Crippen LogP contribution is 2.29. The number of rotatable bonds is 1. The average Bonchev–Trinajstić information content (AvgIpc) is 3.10. The van der Waals surface area contributed by atoms with E-state index < -0.39 is 0 Å². The Morgan fingerprint density at radius 1 is 1.23 bits per heavy atom. The highest BCUT2D eigenvalue weighted by molar-refractivity contribution is 5.96. The number of aryl methyl sites for hydroxylation is 1. The van der Waals surface area contributed by atoms with Crippen molar-refractivity contribution in [2.45, 2.75) is 19.8 Å². The van der Waals surface area contributed by atoms with Gasteiger partial charge >= 0.3 is 0 Å². The average molecular weight is 298 g/mol. The van der Waals surface area contributed by atoms with Crippen molar-refractivity contribution in [3.05, 3.63) is 35.6 Å². The molecule has 2 aliphatic rings. The van der Waals surface area contributed by atoms with Crippen LogP contribution < -0.4 is 5.32 Å². The van der Waals surface area contributed by atoms with E-state index in [0.717, 1.165) is 67.4 Å². The Balaban J connectivity index is 1.56. The topological polar surface area (TPSA) is 45.5 Å². The molecule has 0 bridgehead atoms. The van der Waals surface area contributed by atoms with Crippen LogP contribution in [0.1, 0.15) is 29.0 Å². The van der Waals surface area contributed by atoms with Crippen LogP contribution >= 0.6 is 0 Å². The molecule has 0 saturated carbocycles. The monoisotopic (exact) mass is 298 g/mol. The minimum atomic E-state index is 0.0449. The van der Waals surface area contributed by atoms with Crippen LogP contribution in [0.4, 0.5) is 0 Å². The number of fused-ring (bicyclic) bond motifs is 2. The lowest BCUT2D eigenvalue weighted by Crippen LogP contribution is -2.32. The minimum absolute atomic E-state index is 0.0449. The molecule has 0 radical (unpaired) electrons. The molecule has 2 aliphatic heterocycles.